The molecule has 2 aromatic rings. The Morgan fingerprint density at radius 1 is 0.816 bits per heavy atom. The van der Waals surface area contributed by atoms with Crippen LogP contribution in [0.4, 0.5) is 16.2 Å². The van der Waals surface area contributed by atoms with Gasteiger partial charge in [-0.3, -0.25) is 9.59 Å². The Morgan fingerprint density at radius 2 is 1.50 bits per heavy atom. The highest BCUT2D eigenvalue weighted by atomic mass is 16.2. The van der Waals surface area contributed by atoms with Crippen LogP contribution in [0.2, 0.25) is 0 Å². The first-order valence-corrected chi connectivity index (χ1v) is 14.1. The molecule has 4 amide bonds. The number of nitrogens with zero attached hydrogens (tertiary/aromatic N) is 3. The molecule has 0 bridgehead atoms. The van der Waals surface area contributed by atoms with E-state index in [9.17, 15) is 14.4 Å². The van der Waals surface area contributed by atoms with Crippen molar-refractivity contribution in [3.63, 3.8) is 0 Å². The molecule has 8 nitrogen and oxygen atoms in total. The predicted octanol–water partition coefficient (Wildman–Crippen LogP) is 4.23. The zero-order chi connectivity index (χ0) is 26.3. The lowest BCUT2D eigenvalue weighted by Crippen LogP contribution is -2.53. The number of anilines is 2. The van der Waals surface area contributed by atoms with E-state index in [0.29, 0.717) is 31.4 Å². The van der Waals surface area contributed by atoms with E-state index in [2.05, 4.69) is 15.5 Å². The van der Waals surface area contributed by atoms with Gasteiger partial charge in [-0.25, -0.2) is 4.79 Å². The summed E-state index contributed by atoms with van der Waals surface area (Å²) in [5.74, 6) is -0.0733. The lowest BCUT2D eigenvalue weighted by atomic mass is 9.96. The van der Waals surface area contributed by atoms with Gasteiger partial charge in [0.05, 0.1) is 0 Å². The van der Waals surface area contributed by atoms with Gasteiger partial charge < -0.3 is 25.3 Å². The van der Waals surface area contributed by atoms with Gasteiger partial charge in [-0.2, -0.15) is 0 Å². The van der Waals surface area contributed by atoms with Gasteiger partial charge >= 0.3 is 6.03 Å². The van der Waals surface area contributed by atoms with Crippen LogP contribution in [0.1, 0.15) is 50.5 Å². The van der Waals surface area contributed by atoms with Crippen molar-refractivity contribution >= 4 is 29.2 Å². The highest BCUT2D eigenvalue weighted by Gasteiger charge is 2.34. The molecule has 2 aliphatic carbocycles. The highest BCUT2D eigenvalue weighted by molar-refractivity contribution is 5.95. The van der Waals surface area contributed by atoms with E-state index in [0.717, 1.165) is 50.0 Å². The maximum Gasteiger partial charge on any atom is 0.317 e. The third-order valence-corrected chi connectivity index (χ3v) is 7.80. The molecule has 0 radical (unpaired) electrons. The molecule has 3 aliphatic rings. The number of rotatable bonds is 8. The Bertz CT molecular complexity index is 1090. The van der Waals surface area contributed by atoms with Crippen LogP contribution < -0.4 is 15.5 Å². The van der Waals surface area contributed by atoms with Crippen LogP contribution in [0.15, 0.2) is 54.6 Å². The summed E-state index contributed by atoms with van der Waals surface area (Å²) in [4.78, 5) is 44.1. The quantitative estimate of drug-likeness (QED) is 0.549. The molecule has 38 heavy (non-hydrogen) atoms. The van der Waals surface area contributed by atoms with Crippen molar-refractivity contribution in [1.82, 2.24) is 15.1 Å². The maximum absolute atomic E-state index is 12.8. The summed E-state index contributed by atoms with van der Waals surface area (Å²) in [5.41, 5.74) is 2.80. The molecule has 1 aliphatic heterocycles. The Labute approximate surface area is 225 Å². The minimum atomic E-state index is -0.194. The SMILES string of the molecule is O=C(CN(Cc1ccccc1)C(=O)C1CC1)Nc1ccc(N2CCN(C(=O)NC3CCCCC3)CC2)cc1. The van der Waals surface area contributed by atoms with E-state index in [1.807, 2.05) is 59.5 Å². The molecule has 1 heterocycles. The van der Waals surface area contributed by atoms with E-state index < -0.39 is 0 Å². The highest BCUT2D eigenvalue weighted by Crippen LogP contribution is 2.31. The molecule has 0 aromatic heterocycles. The fourth-order valence-electron chi connectivity index (χ4n) is 5.41. The first-order chi connectivity index (χ1) is 18.5. The van der Waals surface area contributed by atoms with Crippen molar-refractivity contribution in [3.8, 4) is 0 Å². The maximum atomic E-state index is 12.8. The van der Waals surface area contributed by atoms with Crippen LogP contribution in [-0.4, -0.2) is 66.4 Å². The molecule has 5 rings (SSSR count). The van der Waals surface area contributed by atoms with Crippen LogP contribution in [0.3, 0.4) is 0 Å². The molecule has 0 atom stereocenters. The van der Waals surface area contributed by atoms with E-state index >= 15 is 0 Å². The Hall–Kier alpha value is -3.55. The lowest BCUT2D eigenvalue weighted by molar-refractivity contribution is -0.136. The smallest absolute Gasteiger partial charge is 0.317 e. The third-order valence-electron chi connectivity index (χ3n) is 7.80. The largest absolute Gasteiger partial charge is 0.368 e. The molecule has 1 saturated heterocycles. The van der Waals surface area contributed by atoms with Gasteiger partial charge in [-0.05, 0) is 55.5 Å². The van der Waals surface area contributed by atoms with Gasteiger partial charge in [-0.1, -0.05) is 49.6 Å². The molecule has 2 saturated carbocycles. The summed E-state index contributed by atoms with van der Waals surface area (Å²) in [5, 5.41) is 6.17. The Kier molecular flexibility index (Phi) is 8.46. The first-order valence-electron chi connectivity index (χ1n) is 14.1. The van der Waals surface area contributed by atoms with E-state index in [1.165, 1.54) is 19.3 Å². The number of hydrogen-bond acceptors (Lipinski definition) is 4. The first kappa shape index (κ1) is 26.1. The zero-order valence-electron chi connectivity index (χ0n) is 22.1. The summed E-state index contributed by atoms with van der Waals surface area (Å²) in [6.45, 7) is 3.43. The predicted molar refractivity (Wildman–Crippen MR) is 149 cm³/mol. The standard InChI is InChI=1S/C30H39N5O3/c36-28(22-35(29(37)24-11-12-24)21-23-7-3-1-4-8-23)31-26-13-15-27(16-14-26)33-17-19-34(20-18-33)30(38)32-25-9-5-2-6-10-25/h1,3-4,7-8,13-16,24-25H,2,5-6,9-12,17-22H2,(H,31,36)(H,32,38). The second-order valence-corrected chi connectivity index (χ2v) is 10.8. The average molecular weight is 518 g/mol. The number of carbonyl (C=O) groups excluding carboxylic acids is 3. The van der Waals surface area contributed by atoms with E-state index in [4.69, 9.17) is 0 Å². The molecule has 0 spiro atoms. The van der Waals surface area contributed by atoms with Crippen molar-refractivity contribution in [3.05, 3.63) is 60.2 Å². The molecular weight excluding hydrogens is 478 g/mol. The number of urea groups is 1. The lowest BCUT2D eigenvalue weighted by Gasteiger charge is -2.37. The second kappa shape index (κ2) is 12.3. The fourth-order valence-corrected chi connectivity index (χ4v) is 5.41. The minimum absolute atomic E-state index is 0.0386. The molecule has 8 heteroatoms. The number of nitrogens with one attached hydrogen (secondary N) is 2. The van der Waals surface area contributed by atoms with Crippen molar-refractivity contribution in [1.29, 1.82) is 0 Å². The number of piperazine rings is 1. The van der Waals surface area contributed by atoms with Crippen LogP contribution in [0, 0.1) is 5.92 Å². The topological polar surface area (TPSA) is 85.0 Å². The monoisotopic (exact) mass is 517 g/mol. The van der Waals surface area contributed by atoms with Crippen LogP contribution in [0.25, 0.3) is 0 Å². The number of hydrogen-bond donors (Lipinski definition) is 2. The second-order valence-electron chi connectivity index (χ2n) is 10.8. The number of amides is 4. The molecule has 0 unspecified atom stereocenters. The molecular formula is C30H39N5O3. The average Bonchev–Trinajstić information content (AvgIpc) is 3.80. The van der Waals surface area contributed by atoms with Crippen molar-refractivity contribution in [2.45, 2.75) is 57.5 Å². The fraction of sp³-hybridized carbons (Fsp3) is 0.500. The number of benzene rings is 2. The van der Waals surface area contributed by atoms with Gasteiger partial charge in [0.25, 0.3) is 0 Å². The summed E-state index contributed by atoms with van der Waals surface area (Å²) >= 11 is 0. The molecule has 2 N–H and O–H groups in total. The van der Waals surface area contributed by atoms with Crippen LogP contribution in [-0.2, 0) is 16.1 Å². The van der Waals surface area contributed by atoms with Gasteiger partial charge in [0.15, 0.2) is 0 Å². The van der Waals surface area contributed by atoms with Crippen LogP contribution >= 0.6 is 0 Å². The summed E-state index contributed by atoms with van der Waals surface area (Å²) in [6.07, 6.45) is 7.70. The minimum Gasteiger partial charge on any atom is -0.368 e. The molecule has 3 fully saturated rings. The van der Waals surface area contributed by atoms with Gasteiger partial charge in [0.2, 0.25) is 11.8 Å². The van der Waals surface area contributed by atoms with Crippen molar-refractivity contribution in [2.24, 2.45) is 5.92 Å². The van der Waals surface area contributed by atoms with E-state index in [1.54, 1.807) is 4.90 Å². The normalized spacial score (nSPS) is 18.1. The summed E-state index contributed by atoms with van der Waals surface area (Å²) in [7, 11) is 0. The van der Waals surface area contributed by atoms with E-state index in [-0.39, 0.29) is 30.3 Å². The Morgan fingerprint density at radius 3 is 2.16 bits per heavy atom. The van der Waals surface area contributed by atoms with Crippen molar-refractivity contribution < 1.29 is 14.4 Å². The molecule has 2 aromatic carbocycles. The van der Waals surface area contributed by atoms with Crippen molar-refractivity contribution in [2.75, 3.05) is 42.9 Å². The van der Waals surface area contributed by atoms with Crippen LogP contribution in [0.5, 0.6) is 0 Å². The van der Waals surface area contributed by atoms with Gasteiger partial charge in [0.1, 0.15) is 6.54 Å². The van der Waals surface area contributed by atoms with Gasteiger partial charge in [-0.15, -0.1) is 0 Å². The summed E-state index contributed by atoms with van der Waals surface area (Å²) < 4.78 is 0. The number of carbonyl (C=O) groups is 3. The molecule has 202 valence electrons. The van der Waals surface area contributed by atoms with Gasteiger partial charge in [0, 0.05) is 56.1 Å². The summed E-state index contributed by atoms with van der Waals surface area (Å²) in [6, 6.07) is 18.0. The Balaban J connectivity index is 1.10. The zero-order valence-corrected chi connectivity index (χ0v) is 22.1. The third kappa shape index (κ3) is 7.05.